The molecule has 6 nitrogen and oxygen atoms in total. The Morgan fingerprint density at radius 3 is 2.57 bits per heavy atom. The van der Waals surface area contributed by atoms with E-state index in [1.54, 1.807) is 6.07 Å². The average molecular weight is 382 g/mol. The third kappa shape index (κ3) is 4.61. The lowest BCUT2D eigenvalue weighted by Crippen LogP contribution is -2.35. The molecule has 0 spiro atoms. The highest BCUT2D eigenvalue weighted by molar-refractivity contribution is 5.31. The maximum Gasteiger partial charge on any atom is 0.252 e. The Labute approximate surface area is 167 Å². The number of aromatic nitrogens is 3. The summed E-state index contributed by atoms with van der Waals surface area (Å²) in [5.41, 5.74) is 3.37. The first-order valence-electron chi connectivity index (χ1n) is 10.7. The van der Waals surface area contributed by atoms with Crippen LogP contribution in [0, 0.1) is 0 Å². The van der Waals surface area contributed by atoms with Crippen molar-refractivity contribution in [3.05, 3.63) is 51.7 Å². The molecule has 0 aliphatic carbocycles. The minimum atomic E-state index is -0.0184. The van der Waals surface area contributed by atoms with Gasteiger partial charge in [-0.3, -0.25) is 19.7 Å². The molecule has 0 aromatic carbocycles. The average Bonchev–Trinajstić information content (AvgIpc) is 2.75. The summed E-state index contributed by atoms with van der Waals surface area (Å²) in [7, 11) is 0. The minimum absolute atomic E-state index is 0.0184. The predicted octanol–water partition coefficient (Wildman–Crippen LogP) is 3.10. The van der Waals surface area contributed by atoms with E-state index in [1.165, 1.54) is 24.8 Å². The molecule has 4 heterocycles. The van der Waals surface area contributed by atoms with Crippen molar-refractivity contribution >= 4 is 5.95 Å². The van der Waals surface area contributed by atoms with Gasteiger partial charge in [-0.1, -0.05) is 13.0 Å². The lowest BCUT2D eigenvalue weighted by Gasteiger charge is -2.32. The van der Waals surface area contributed by atoms with E-state index in [0.717, 1.165) is 69.3 Å². The number of likely N-dealkylation sites (tertiary alicyclic amines) is 1. The fraction of sp³-hybridized carbons (Fsp3) is 0.591. The summed E-state index contributed by atoms with van der Waals surface area (Å²) >= 11 is 0. The lowest BCUT2D eigenvalue weighted by molar-refractivity contribution is 0.203. The Morgan fingerprint density at radius 1 is 1.11 bits per heavy atom. The molecule has 2 aliphatic rings. The van der Waals surface area contributed by atoms with Gasteiger partial charge in [0.2, 0.25) is 5.95 Å². The molecule has 2 saturated heterocycles. The van der Waals surface area contributed by atoms with Gasteiger partial charge >= 0.3 is 0 Å². The van der Waals surface area contributed by atoms with Crippen molar-refractivity contribution < 1.29 is 0 Å². The molecule has 0 bridgehead atoms. The molecule has 0 radical (unpaired) electrons. The smallest absolute Gasteiger partial charge is 0.252 e. The SMILES string of the molecule is CCc1ccc(CN2CCC(c3cc(=O)[nH]c(N4CCCCC4)n3)CC2)cn1. The lowest BCUT2D eigenvalue weighted by atomic mass is 9.93. The zero-order chi connectivity index (χ0) is 19.3. The molecule has 2 fully saturated rings. The minimum Gasteiger partial charge on any atom is -0.342 e. The number of rotatable bonds is 5. The largest absolute Gasteiger partial charge is 0.342 e. The number of pyridine rings is 1. The molecule has 1 N–H and O–H groups in total. The third-order valence-electron chi connectivity index (χ3n) is 6.06. The van der Waals surface area contributed by atoms with Crippen LogP contribution in [-0.2, 0) is 13.0 Å². The van der Waals surface area contributed by atoms with Crippen molar-refractivity contribution in [1.82, 2.24) is 19.9 Å². The third-order valence-corrected chi connectivity index (χ3v) is 6.06. The van der Waals surface area contributed by atoms with E-state index >= 15 is 0 Å². The predicted molar refractivity (Wildman–Crippen MR) is 112 cm³/mol. The normalized spacial score (nSPS) is 19.1. The van der Waals surface area contributed by atoms with Gasteiger partial charge in [-0.2, -0.15) is 0 Å². The van der Waals surface area contributed by atoms with Crippen LogP contribution in [0.15, 0.2) is 29.2 Å². The highest BCUT2D eigenvalue weighted by atomic mass is 16.1. The quantitative estimate of drug-likeness (QED) is 0.862. The van der Waals surface area contributed by atoms with E-state index in [9.17, 15) is 4.79 Å². The highest BCUT2D eigenvalue weighted by Gasteiger charge is 2.23. The molecule has 0 atom stereocenters. The maximum absolute atomic E-state index is 12.2. The molecular formula is C22H31N5O. The first-order valence-corrected chi connectivity index (χ1v) is 10.7. The van der Waals surface area contributed by atoms with Gasteiger partial charge in [0.05, 0.1) is 5.69 Å². The van der Waals surface area contributed by atoms with Crippen LogP contribution in [0.3, 0.4) is 0 Å². The van der Waals surface area contributed by atoms with Gasteiger partial charge in [0, 0.05) is 43.5 Å². The van der Waals surface area contributed by atoms with Gasteiger partial charge in [-0.25, -0.2) is 4.98 Å². The Bertz CT molecular complexity index is 818. The molecule has 0 amide bonds. The van der Waals surface area contributed by atoms with E-state index in [1.807, 2.05) is 6.20 Å². The van der Waals surface area contributed by atoms with E-state index in [-0.39, 0.29) is 5.56 Å². The molecule has 2 aliphatic heterocycles. The molecular weight excluding hydrogens is 350 g/mol. The van der Waals surface area contributed by atoms with Crippen LogP contribution in [0.2, 0.25) is 0 Å². The number of nitrogens with one attached hydrogen (secondary N) is 1. The summed E-state index contributed by atoms with van der Waals surface area (Å²) in [5.74, 6) is 1.15. The van der Waals surface area contributed by atoms with Gasteiger partial charge < -0.3 is 4.90 Å². The number of nitrogens with zero attached hydrogens (tertiary/aromatic N) is 4. The zero-order valence-electron chi connectivity index (χ0n) is 16.9. The van der Waals surface area contributed by atoms with Crippen LogP contribution in [0.4, 0.5) is 5.95 Å². The second kappa shape index (κ2) is 8.86. The van der Waals surface area contributed by atoms with Crippen LogP contribution in [0.5, 0.6) is 0 Å². The topological polar surface area (TPSA) is 65.1 Å². The van der Waals surface area contributed by atoms with Crippen molar-refractivity contribution in [3.63, 3.8) is 0 Å². The van der Waals surface area contributed by atoms with Crippen molar-refractivity contribution in [2.75, 3.05) is 31.1 Å². The number of hydrogen-bond donors (Lipinski definition) is 1. The number of H-pyrrole nitrogens is 1. The molecule has 6 heteroatoms. The second-order valence-corrected chi connectivity index (χ2v) is 8.10. The van der Waals surface area contributed by atoms with Crippen LogP contribution in [0.25, 0.3) is 0 Å². The first kappa shape index (κ1) is 19.1. The summed E-state index contributed by atoms with van der Waals surface area (Å²) < 4.78 is 0. The standard InChI is InChI=1S/C22H31N5O/c1-2-19-7-6-17(15-23-19)16-26-12-8-18(9-13-26)20-14-21(28)25-22(24-20)27-10-4-3-5-11-27/h6-7,14-15,18H,2-5,8-13,16H2,1H3,(H,24,25,28). The van der Waals surface area contributed by atoms with Crippen molar-refractivity contribution in [3.8, 4) is 0 Å². The van der Waals surface area contributed by atoms with Gasteiger partial charge in [0.25, 0.3) is 5.56 Å². The molecule has 2 aromatic heterocycles. The number of anilines is 1. The molecule has 2 aromatic rings. The molecule has 0 unspecified atom stereocenters. The second-order valence-electron chi connectivity index (χ2n) is 8.10. The fourth-order valence-corrected chi connectivity index (χ4v) is 4.33. The summed E-state index contributed by atoms with van der Waals surface area (Å²) in [6, 6.07) is 6.03. The van der Waals surface area contributed by atoms with Gasteiger partial charge in [-0.05, 0) is 63.2 Å². The highest BCUT2D eigenvalue weighted by Crippen LogP contribution is 2.28. The number of aromatic amines is 1. The van der Waals surface area contributed by atoms with Crippen LogP contribution in [0.1, 0.15) is 61.9 Å². The Kier molecular flexibility index (Phi) is 6.05. The molecule has 4 rings (SSSR count). The Morgan fingerprint density at radius 2 is 1.89 bits per heavy atom. The maximum atomic E-state index is 12.2. The zero-order valence-corrected chi connectivity index (χ0v) is 16.9. The van der Waals surface area contributed by atoms with E-state index in [2.05, 4.69) is 38.8 Å². The summed E-state index contributed by atoms with van der Waals surface area (Å²) in [6.07, 6.45) is 8.73. The van der Waals surface area contributed by atoms with E-state index in [4.69, 9.17) is 4.98 Å². The van der Waals surface area contributed by atoms with E-state index < -0.39 is 0 Å². The van der Waals surface area contributed by atoms with Crippen molar-refractivity contribution in [2.45, 2.75) is 57.9 Å². The monoisotopic (exact) mass is 381 g/mol. The Balaban J connectivity index is 1.37. The number of aryl methyl sites for hydroxylation is 1. The van der Waals surface area contributed by atoms with Crippen LogP contribution < -0.4 is 10.5 Å². The van der Waals surface area contributed by atoms with Gasteiger partial charge in [0.15, 0.2) is 0 Å². The molecule has 150 valence electrons. The molecule has 0 saturated carbocycles. The van der Waals surface area contributed by atoms with Crippen molar-refractivity contribution in [1.29, 1.82) is 0 Å². The van der Waals surface area contributed by atoms with E-state index in [0.29, 0.717) is 5.92 Å². The summed E-state index contributed by atoms with van der Waals surface area (Å²) in [6.45, 7) is 7.14. The first-order chi connectivity index (χ1) is 13.7. The van der Waals surface area contributed by atoms with Gasteiger partial charge in [0.1, 0.15) is 0 Å². The number of piperidine rings is 2. The summed E-state index contributed by atoms with van der Waals surface area (Å²) in [5, 5.41) is 0. The Hall–Kier alpha value is -2.21. The number of hydrogen-bond acceptors (Lipinski definition) is 5. The fourth-order valence-electron chi connectivity index (χ4n) is 4.33. The molecule has 28 heavy (non-hydrogen) atoms. The van der Waals surface area contributed by atoms with Crippen molar-refractivity contribution in [2.24, 2.45) is 0 Å². The van der Waals surface area contributed by atoms with Crippen LogP contribution in [-0.4, -0.2) is 46.0 Å². The van der Waals surface area contributed by atoms with Gasteiger partial charge in [-0.15, -0.1) is 0 Å². The van der Waals surface area contributed by atoms with Crippen LogP contribution >= 0.6 is 0 Å². The summed E-state index contributed by atoms with van der Waals surface area (Å²) in [4.78, 5) is 29.2.